The van der Waals surface area contributed by atoms with Crippen molar-refractivity contribution in [1.29, 1.82) is 0 Å². The summed E-state index contributed by atoms with van der Waals surface area (Å²) >= 11 is 5.84. The molecule has 0 unspecified atom stereocenters. The molecule has 0 fully saturated rings. The summed E-state index contributed by atoms with van der Waals surface area (Å²) in [6, 6.07) is 11.3. The van der Waals surface area contributed by atoms with Crippen molar-refractivity contribution in [3.63, 3.8) is 0 Å². The second-order valence-electron chi connectivity index (χ2n) is 4.18. The standard InChI is InChI=1S/C15H17ClN2O/c1-2-9-17-15-12(4-3-10-18-15)11-19-14-7-5-13(16)6-8-14/h3-8,10H,2,9,11H2,1H3,(H,17,18). The van der Waals surface area contributed by atoms with Gasteiger partial charge in [-0.05, 0) is 36.8 Å². The molecule has 4 heteroatoms. The van der Waals surface area contributed by atoms with E-state index >= 15 is 0 Å². The molecule has 0 bridgehead atoms. The Bertz CT molecular complexity index is 514. The Morgan fingerprint density at radius 2 is 2.00 bits per heavy atom. The number of halogens is 1. The number of nitrogens with zero attached hydrogens (tertiary/aromatic N) is 1. The van der Waals surface area contributed by atoms with E-state index in [2.05, 4.69) is 17.2 Å². The monoisotopic (exact) mass is 276 g/mol. The fourth-order valence-corrected chi connectivity index (χ4v) is 1.78. The lowest BCUT2D eigenvalue weighted by molar-refractivity contribution is 0.306. The first kappa shape index (κ1) is 13.7. The third-order valence-corrected chi connectivity index (χ3v) is 2.89. The molecular weight excluding hydrogens is 260 g/mol. The van der Waals surface area contributed by atoms with Crippen molar-refractivity contribution in [2.24, 2.45) is 0 Å². The van der Waals surface area contributed by atoms with Gasteiger partial charge < -0.3 is 10.1 Å². The molecule has 1 aromatic heterocycles. The molecule has 3 nitrogen and oxygen atoms in total. The molecule has 19 heavy (non-hydrogen) atoms. The highest BCUT2D eigenvalue weighted by Gasteiger charge is 2.03. The van der Waals surface area contributed by atoms with Crippen molar-refractivity contribution in [1.82, 2.24) is 4.98 Å². The van der Waals surface area contributed by atoms with Crippen molar-refractivity contribution in [2.75, 3.05) is 11.9 Å². The van der Waals surface area contributed by atoms with E-state index in [1.807, 2.05) is 36.4 Å². The van der Waals surface area contributed by atoms with E-state index in [0.717, 1.165) is 30.1 Å². The quantitative estimate of drug-likeness (QED) is 0.861. The normalized spacial score (nSPS) is 10.2. The highest BCUT2D eigenvalue weighted by atomic mass is 35.5. The van der Waals surface area contributed by atoms with E-state index in [1.165, 1.54) is 0 Å². The van der Waals surface area contributed by atoms with Gasteiger partial charge in [0.05, 0.1) is 0 Å². The Morgan fingerprint density at radius 1 is 1.21 bits per heavy atom. The summed E-state index contributed by atoms with van der Waals surface area (Å²) in [5, 5.41) is 4.00. The van der Waals surface area contributed by atoms with E-state index in [4.69, 9.17) is 16.3 Å². The molecule has 0 amide bonds. The van der Waals surface area contributed by atoms with Crippen LogP contribution in [-0.2, 0) is 6.61 Å². The average molecular weight is 277 g/mol. The summed E-state index contributed by atoms with van der Waals surface area (Å²) in [5.74, 6) is 1.69. The minimum absolute atomic E-state index is 0.488. The predicted molar refractivity (Wildman–Crippen MR) is 78.8 cm³/mol. The second kappa shape index (κ2) is 7.00. The number of ether oxygens (including phenoxy) is 1. The molecule has 1 N–H and O–H groups in total. The lowest BCUT2D eigenvalue weighted by Crippen LogP contribution is -2.07. The predicted octanol–water partition coefficient (Wildman–Crippen LogP) is 4.14. The Morgan fingerprint density at radius 3 is 2.74 bits per heavy atom. The molecule has 100 valence electrons. The Labute approximate surface area is 118 Å². The third kappa shape index (κ3) is 4.14. The number of benzene rings is 1. The van der Waals surface area contributed by atoms with Gasteiger partial charge >= 0.3 is 0 Å². The molecule has 2 aromatic rings. The number of rotatable bonds is 6. The van der Waals surface area contributed by atoms with Gasteiger partial charge in [-0.25, -0.2) is 4.98 Å². The van der Waals surface area contributed by atoms with Crippen molar-refractivity contribution in [2.45, 2.75) is 20.0 Å². The summed E-state index contributed by atoms with van der Waals surface area (Å²) in [4.78, 5) is 4.33. The van der Waals surface area contributed by atoms with Crippen molar-refractivity contribution in [3.05, 3.63) is 53.2 Å². The van der Waals surface area contributed by atoms with Gasteiger partial charge in [-0.2, -0.15) is 0 Å². The van der Waals surface area contributed by atoms with Crippen LogP contribution in [0.25, 0.3) is 0 Å². The van der Waals surface area contributed by atoms with E-state index in [-0.39, 0.29) is 0 Å². The molecule has 0 saturated carbocycles. The Kier molecular flexibility index (Phi) is 5.04. The second-order valence-corrected chi connectivity index (χ2v) is 4.62. The van der Waals surface area contributed by atoms with Crippen LogP contribution in [-0.4, -0.2) is 11.5 Å². The zero-order valence-corrected chi connectivity index (χ0v) is 11.7. The highest BCUT2D eigenvalue weighted by Crippen LogP contribution is 2.19. The summed E-state index contributed by atoms with van der Waals surface area (Å²) < 4.78 is 5.73. The lowest BCUT2D eigenvalue weighted by Gasteiger charge is -2.11. The minimum atomic E-state index is 0.488. The molecule has 0 radical (unpaired) electrons. The van der Waals surface area contributed by atoms with Gasteiger partial charge in [0, 0.05) is 23.3 Å². The van der Waals surface area contributed by atoms with E-state index in [9.17, 15) is 0 Å². The fourth-order valence-electron chi connectivity index (χ4n) is 1.65. The Hall–Kier alpha value is -1.74. The molecular formula is C15H17ClN2O. The molecule has 0 aliphatic rings. The summed E-state index contributed by atoms with van der Waals surface area (Å²) in [7, 11) is 0. The van der Waals surface area contributed by atoms with E-state index < -0.39 is 0 Å². The molecule has 1 aromatic carbocycles. The molecule has 2 rings (SSSR count). The zero-order chi connectivity index (χ0) is 13.5. The number of anilines is 1. The van der Waals surface area contributed by atoms with Crippen molar-refractivity contribution >= 4 is 17.4 Å². The summed E-state index contributed by atoms with van der Waals surface area (Å²) in [6.07, 6.45) is 2.85. The number of hydrogen-bond donors (Lipinski definition) is 1. The van der Waals surface area contributed by atoms with Gasteiger partial charge in [0.25, 0.3) is 0 Å². The van der Waals surface area contributed by atoms with Gasteiger partial charge in [-0.3, -0.25) is 0 Å². The van der Waals surface area contributed by atoms with Crippen LogP contribution in [0.5, 0.6) is 5.75 Å². The van der Waals surface area contributed by atoms with Gasteiger partial charge in [0.1, 0.15) is 18.2 Å². The SMILES string of the molecule is CCCNc1ncccc1COc1ccc(Cl)cc1. The molecule has 0 aliphatic heterocycles. The fraction of sp³-hybridized carbons (Fsp3) is 0.267. The zero-order valence-electron chi connectivity index (χ0n) is 10.9. The molecule has 0 saturated heterocycles. The average Bonchev–Trinajstić information content (AvgIpc) is 2.45. The van der Waals surface area contributed by atoms with Crippen LogP contribution in [0.3, 0.4) is 0 Å². The topological polar surface area (TPSA) is 34.2 Å². The largest absolute Gasteiger partial charge is 0.489 e. The van der Waals surface area contributed by atoms with Crippen LogP contribution in [0, 0.1) is 0 Å². The van der Waals surface area contributed by atoms with Gasteiger partial charge in [0.15, 0.2) is 0 Å². The third-order valence-electron chi connectivity index (χ3n) is 2.64. The molecule has 0 aliphatic carbocycles. The molecule has 1 heterocycles. The maximum atomic E-state index is 5.84. The number of hydrogen-bond acceptors (Lipinski definition) is 3. The first-order chi connectivity index (χ1) is 9.29. The van der Waals surface area contributed by atoms with Crippen LogP contribution in [0.2, 0.25) is 5.02 Å². The number of nitrogens with one attached hydrogen (secondary N) is 1. The first-order valence-corrected chi connectivity index (χ1v) is 6.73. The smallest absolute Gasteiger partial charge is 0.132 e. The maximum Gasteiger partial charge on any atom is 0.132 e. The van der Waals surface area contributed by atoms with Crippen LogP contribution in [0.4, 0.5) is 5.82 Å². The van der Waals surface area contributed by atoms with Crippen LogP contribution >= 0.6 is 11.6 Å². The van der Waals surface area contributed by atoms with Gasteiger partial charge in [0.2, 0.25) is 0 Å². The highest BCUT2D eigenvalue weighted by molar-refractivity contribution is 6.30. The van der Waals surface area contributed by atoms with Crippen LogP contribution < -0.4 is 10.1 Å². The molecule has 0 spiro atoms. The van der Waals surface area contributed by atoms with Crippen LogP contribution in [0.1, 0.15) is 18.9 Å². The van der Waals surface area contributed by atoms with Crippen LogP contribution in [0.15, 0.2) is 42.6 Å². The van der Waals surface area contributed by atoms with Crippen molar-refractivity contribution < 1.29 is 4.74 Å². The number of aromatic nitrogens is 1. The summed E-state index contributed by atoms with van der Waals surface area (Å²) in [5.41, 5.74) is 1.05. The lowest BCUT2D eigenvalue weighted by atomic mass is 10.2. The maximum absolute atomic E-state index is 5.84. The first-order valence-electron chi connectivity index (χ1n) is 6.35. The summed E-state index contributed by atoms with van der Waals surface area (Å²) in [6.45, 7) is 3.52. The van der Waals surface area contributed by atoms with Gasteiger partial charge in [-0.1, -0.05) is 24.6 Å². The van der Waals surface area contributed by atoms with E-state index in [1.54, 1.807) is 6.20 Å². The Balaban J connectivity index is 2.00. The van der Waals surface area contributed by atoms with Crippen molar-refractivity contribution in [3.8, 4) is 5.75 Å². The van der Waals surface area contributed by atoms with E-state index in [0.29, 0.717) is 11.6 Å². The molecule has 0 atom stereocenters. The van der Waals surface area contributed by atoms with Gasteiger partial charge in [-0.15, -0.1) is 0 Å². The number of pyridine rings is 1. The minimum Gasteiger partial charge on any atom is -0.489 e.